The van der Waals surface area contributed by atoms with Crippen LogP contribution in [-0.2, 0) is 74.2 Å². The van der Waals surface area contributed by atoms with E-state index in [0.29, 0.717) is 0 Å². The fraction of sp³-hybridized carbons (Fsp3) is 0. The Morgan fingerprint density at radius 1 is 0.245 bits per heavy atom. The fourth-order valence-corrected chi connectivity index (χ4v) is 12.8. The van der Waals surface area contributed by atoms with Gasteiger partial charge in [0.25, 0.3) is 20.0 Å². The summed E-state index contributed by atoms with van der Waals surface area (Å²) in [6, 6.07) is 70.3. The summed E-state index contributed by atoms with van der Waals surface area (Å²) >= 11 is 0. The van der Waals surface area contributed by atoms with Gasteiger partial charge in [0.2, 0.25) is 0 Å². The molecule has 0 bridgehead atoms. The molecule has 12 heterocycles. The predicted molar refractivity (Wildman–Crippen MR) is 367 cm³/mol. The maximum Gasteiger partial charge on any atom is 2.00 e. The molecule has 4 aromatic carbocycles. The van der Waals surface area contributed by atoms with Crippen molar-refractivity contribution in [2.45, 2.75) is 19.6 Å². The smallest absolute Gasteiger partial charge is 0.858 e. The van der Waals surface area contributed by atoms with Gasteiger partial charge in [-0.15, -0.1) is 0 Å². The van der Waals surface area contributed by atoms with E-state index in [4.69, 9.17) is 0 Å². The van der Waals surface area contributed by atoms with Gasteiger partial charge >= 0.3 is 34.1 Å². The molecule has 530 valence electrons. The first kappa shape index (κ1) is 84.9. The summed E-state index contributed by atoms with van der Waals surface area (Å²) in [4.78, 5) is 55.4. The average Bonchev–Trinajstić information content (AvgIpc) is 1.66. The Hall–Kier alpha value is -11.4. The molecule has 4 aliphatic heterocycles. The molecule has 34 heteroatoms. The summed E-state index contributed by atoms with van der Waals surface area (Å²) in [7, 11) is -14.7. The van der Waals surface area contributed by atoms with E-state index in [1.54, 1.807) is 98.1 Å². The van der Waals surface area contributed by atoms with Crippen LogP contribution in [0.15, 0.2) is 321 Å². The molecular formula is C68H56Cu2N12O16S4. The van der Waals surface area contributed by atoms with Crippen molar-refractivity contribution in [3.05, 3.63) is 324 Å². The summed E-state index contributed by atoms with van der Waals surface area (Å²) in [6.45, 7) is 0. The minimum Gasteiger partial charge on any atom is -0.858 e. The third-order valence-electron chi connectivity index (χ3n) is 12.8. The van der Waals surface area contributed by atoms with Crippen LogP contribution < -0.4 is 10.2 Å². The second-order valence-corrected chi connectivity index (χ2v) is 25.5. The van der Waals surface area contributed by atoms with Crippen LogP contribution in [0, 0.1) is 0 Å². The summed E-state index contributed by atoms with van der Waals surface area (Å²) in [5.74, 6) is -2.70. The molecular weight excluding hydrogens is 1500 g/mol. The Balaban J connectivity index is 0.000000300. The number of amides is 2. The number of benzene rings is 4. The van der Waals surface area contributed by atoms with Gasteiger partial charge in [-0.2, -0.15) is 25.6 Å². The van der Waals surface area contributed by atoms with E-state index in [1.807, 2.05) is 146 Å². The largest absolute Gasteiger partial charge is 2.00 e. The van der Waals surface area contributed by atoms with E-state index in [2.05, 4.69) is 58.1 Å². The van der Waals surface area contributed by atoms with E-state index in [1.165, 1.54) is 48.5 Å². The van der Waals surface area contributed by atoms with Gasteiger partial charge in [-0.3, -0.25) is 39.9 Å². The molecule has 16 rings (SSSR count). The number of pyridine rings is 8. The third-order valence-corrected chi connectivity index (χ3v) is 18.0. The Labute approximate surface area is 606 Å². The van der Waals surface area contributed by atoms with Crippen LogP contribution in [0.1, 0.15) is 31.8 Å². The van der Waals surface area contributed by atoms with Gasteiger partial charge in [-0.1, -0.05) is 121 Å². The Bertz CT molecular complexity index is 4560. The molecule has 2 radical (unpaired) electrons. The Morgan fingerprint density at radius 3 is 0.598 bits per heavy atom. The summed E-state index contributed by atoms with van der Waals surface area (Å²) in [6.07, 6.45) is 14.1. The summed E-state index contributed by atoms with van der Waals surface area (Å²) in [5, 5.41) is 21.9. The summed E-state index contributed by atoms with van der Waals surface area (Å²) in [5.41, 5.74) is 7.98. The average molecular weight is 1550 g/mol. The van der Waals surface area contributed by atoms with Crippen molar-refractivity contribution < 1.29 is 110 Å². The number of carbonyl (C=O) groups is 2. The van der Waals surface area contributed by atoms with Crippen LogP contribution in [0.25, 0.3) is 55.0 Å². The van der Waals surface area contributed by atoms with Crippen molar-refractivity contribution in [2.75, 3.05) is 0 Å². The van der Waals surface area contributed by atoms with Crippen molar-refractivity contribution in [3.8, 4) is 45.6 Å². The topological polar surface area (TPSA) is 499 Å². The maximum absolute atomic E-state index is 11.1. The molecule has 28 nitrogen and oxygen atoms in total. The molecule has 0 unspecified atom stereocenters. The molecule has 0 aliphatic carbocycles. The molecule has 2 amide bonds. The van der Waals surface area contributed by atoms with Crippen molar-refractivity contribution in [1.82, 2.24) is 39.9 Å². The van der Waals surface area contributed by atoms with Crippen LogP contribution in [0.4, 0.5) is 0 Å². The van der Waals surface area contributed by atoms with Gasteiger partial charge in [0.05, 0.1) is 76.9 Å². The van der Waals surface area contributed by atoms with Crippen molar-refractivity contribution in [1.29, 1.82) is 0 Å². The van der Waals surface area contributed by atoms with E-state index in [0.717, 1.165) is 45.6 Å². The third kappa shape index (κ3) is 22.8. The summed E-state index contributed by atoms with van der Waals surface area (Å²) < 4.78 is 101. The molecule has 0 atom stereocenters. The predicted octanol–water partition coefficient (Wildman–Crippen LogP) is 6.07. The second-order valence-electron chi connectivity index (χ2n) is 19.2. The van der Waals surface area contributed by atoms with Crippen LogP contribution >= 0.6 is 0 Å². The zero-order valence-corrected chi connectivity index (χ0v) is 57.4. The molecule has 8 aromatic heterocycles. The molecule has 102 heavy (non-hydrogen) atoms. The van der Waals surface area contributed by atoms with E-state index >= 15 is 0 Å². The van der Waals surface area contributed by atoms with E-state index in [-0.39, 0.29) is 97.9 Å². The van der Waals surface area contributed by atoms with Gasteiger partial charge in [0.15, 0.2) is 0 Å². The second kappa shape index (κ2) is 40.0. The number of nitrogens with zero attached hydrogens (tertiary/aromatic N) is 12. The fourth-order valence-electron chi connectivity index (χ4n) is 8.42. The number of aromatic nitrogens is 8. The molecule has 0 fully saturated rings. The van der Waals surface area contributed by atoms with Gasteiger partial charge in [0.1, 0.15) is 20.0 Å². The van der Waals surface area contributed by atoms with Crippen LogP contribution in [-0.4, -0.2) is 119 Å². The minimum absolute atomic E-state index is 0. The minimum atomic E-state index is -3.68. The number of hydrogen-bond donors (Lipinski definition) is 0. The van der Waals surface area contributed by atoms with Gasteiger partial charge in [-0.25, -0.2) is 16.8 Å². The number of fused-ring (bicyclic) bond motifs is 4. The number of carbonyl (C=O) groups excluding carboxylic acids is 2. The zero-order valence-electron chi connectivity index (χ0n) is 52.2. The van der Waals surface area contributed by atoms with Crippen molar-refractivity contribution in [3.63, 3.8) is 0 Å². The van der Waals surface area contributed by atoms with E-state index in [9.17, 15) is 53.5 Å². The SMILES string of the molecule is O.O.O.O.O=C1[N-]S(=O)(=O)c2ccccc21.O=C1[N-]S(=O)(=O)c2ccccc21.O=S1(=O)N=C([O-])c2ccccc21.O=S1(=O)N=C([O-])c2ccccc21.[Cu+2].[Cu+2].c1ccc(-c2ccccn2)nc1.c1ccc(-c2ccccn2)nc1.c1ccc(-c2ccccn2)nc1.c1ccc(-c2ccccn2)nc1. The monoisotopic (exact) mass is 1550 g/mol. The van der Waals surface area contributed by atoms with Gasteiger partial charge in [0, 0.05) is 83.6 Å². The van der Waals surface area contributed by atoms with Crippen molar-refractivity contribution >= 4 is 63.7 Å². The number of rotatable bonds is 4. The first-order chi connectivity index (χ1) is 46.3. The van der Waals surface area contributed by atoms with Crippen LogP contribution in [0.5, 0.6) is 0 Å². The zero-order chi connectivity index (χ0) is 68.0. The normalized spacial score (nSPS) is 13.3. The Kier molecular flexibility index (Phi) is 33.3. The molecule has 8 N–H and O–H groups in total. The maximum atomic E-state index is 11.1. The Morgan fingerprint density at radius 2 is 0.422 bits per heavy atom. The molecule has 4 aliphatic rings. The van der Waals surface area contributed by atoms with E-state index < -0.39 is 63.7 Å². The molecule has 0 saturated carbocycles. The standard InChI is InChI=1S/4C10H8N2.4C7H5NO3S.2Cu.4H2O/c4*1-3-7-11-9(5-1)10-6-2-4-8-12-10;4*9-7-5-3-1-2-4-6(5)12(10,11)8-7;;;;;;/h4*1-8H;4*1-4H,(H,8,9);;;4*1H2/q;;;;;;;;2*+2;;;;/p-4. The first-order valence-corrected chi connectivity index (χ1v) is 33.8. The molecule has 0 saturated heterocycles. The first-order valence-electron chi connectivity index (χ1n) is 28.1. The molecule has 0 spiro atoms. The van der Waals surface area contributed by atoms with Crippen LogP contribution in [0.2, 0.25) is 0 Å². The van der Waals surface area contributed by atoms with Gasteiger partial charge in [-0.05, 0) is 121 Å². The quantitative estimate of drug-likeness (QED) is 0.180. The van der Waals surface area contributed by atoms with Crippen LogP contribution in [0.3, 0.4) is 0 Å². The molecule has 12 aromatic rings. The number of sulfonamides is 4. The number of hydrogen-bond acceptors (Lipinski definition) is 20. The van der Waals surface area contributed by atoms with Gasteiger partial charge < -0.3 is 51.2 Å². The van der Waals surface area contributed by atoms with Crippen molar-refractivity contribution in [2.24, 2.45) is 8.80 Å².